The lowest BCUT2D eigenvalue weighted by molar-refractivity contribution is -0.119. The van der Waals surface area contributed by atoms with Crippen LogP contribution in [-0.2, 0) is 40.1 Å². The van der Waals surface area contributed by atoms with Crippen LogP contribution in [0, 0.1) is 11.7 Å². The van der Waals surface area contributed by atoms with Crippen LogP contribution in [0.15, 0.2) is 42.5 Å². The van der Waals surface area contributed by atoms with Gasteiger partial charge in [-0.1, -0.05) is 36.4 Å². The van der Waals surface area contributed by atoms with Crippen molar-refractivity contribution in [3.05, 3.63) is 70.5 Å². The van der Waals surface area contributed by atoms with Crippen LogP contribution in [0.25, 0.3) is 0 Å². The van der Waals surface area contributed by atoms with E-state index < -0.39 is 0 Å². The average Bonchev–Trinajstić information content (AvgIpc) is 2.81. The quantitative estimate of drug-likeness (QED) is 0.665. The van der Waals surface area contributed by atoms with Crippen molar-refractivity contribution in [3.63, 3.8) is 0 Å². The van der Waals surface area contributed by atoms with Gasteiger partial charge in [-0.05, 0) is 66.3 Å². The highest BCUT2D eigenvalue weighted by Gasteiger charge is 2.28. The molecule has 2 N–H and O–H groups in total. The van der Waals surface area contributed by atoms with Crippen LogP contribution in [0.2, 0.25) is 0 Å². The number of ketones is 1. The van der Waals surface area contributed by atoms with Crippen molar-refractivity contribution in [2.75, 3.05) is 6.54 Å². The maximum atomic E-state index is 13.8. The number of hydrogen-bond acceptors (Lipinski definition) is 4. The summed E-state index contributed by atoms with van der Waals surface area (Å²) in [4.78, 5) is 38.0. The topological polar surface area (TPSA) is 89.7 Å². The van der Waals surface area contributed by atoms with Gasteiger partial charge in [0.25, 0.3) is 0 Å². The van der Waals surface area contributed by atoms with E-state index in [1.807, 2.05) is 18.2 Å². The van der Waals surface area contributed by atoms with Crippen molar-refractivity contribution in [2.24, 2.45) is 11.7 Å². The average molecular weight is 467 g/mol. The van der Waals surface area contributed by atoms with Crippen molar-refractivity contribution < 1.29 is 23.5 Å². The Bertz CT molecular complexity index is 1060. The van der Waals surface area contributed by atoms with E-state index in [0.717, 1.165) is 42.4 Å². The fourth-order valence-electron chi connectivity index (χ4n) is 4.97. The van der Waals surface area contributed by atoms with Crippen molar-refractivity contribution in [3.8, 4) is 0 Å². The summed E-state index contributed by atoms with van der Waals surface area (Å²) in [6.07, 6.45) is 4.25. The van der Waals surface area contributed by atoms with Crippen LogP contribution in [0.4, 0.5) is 9.18 Å². The number of carbonyl (C=O) groups is 3. The fraction of sp³-hybridized carbons (Fsp3) is 0.444. The minimum Gasteiger partial charge on any atom is -0.446 e. The van der Waals surface area contributed by atoms with E-state index in [9.17, 15) is 18.8 Å². The van der Waals surface area contributed by atoms with Crippen LogP contribution >= 0.6 is 0 Å². The number of primary amides is 1. The Morgan fingerprint density at radius 1 is 1.00 bits per heavy atom. The number of Topliss-reactive ketones (excluding diaryl/α,β-unsaturated/α-hetero) is 1. The van der Waals surface area contributed by atoms with Crippen LogP contribution in [0.5, 0.6) is 0 Å². The predicted molar refractivity (Wildman–Crippen MR) is 125 cm³/mol. The molecule has 1 saturated carbocycles. The Morgan fingerprint density at radius 2 is 1.76 bits per heavy atom. The fourth-order valence-corrected chi connectivity index (χ4v) is 4.97. The summed E-state index contributed by atoms with van der Waals surface area (Å²) in [6, 6.07) is 12.3. The molecule has 0 bridgehead atoms. The van der Waals surface area contributed by atoms with Crippen LogP contribution in [-0.4, -0.2) is 35.3 Å². The third kappa shape index (κ3) is 6.22. The molecule has 4 rings (SSSR count). The number of ether oxygens (including phenoxy) is 1. The Hall–Kier alpha value is -3.22. The van der Waals surface area contributed by atoms with Gasteiger partial charge in [-0.25, -0.2) is 9.18 Å². The first kappa shape index (κ1) is 23.9. The highest BCUT2D eigenvalue weighted by atomic mass is 19.1. The number of hydrogen-bond donors (Lipinski definition) is 1. The molecule has 34 heavy (non-hydrogen) atoms. The molecule has 1 fully saturated rings. The molecule has 2 aromatic rings. The number of amides is 2. The zero-order chi connectivity index (χ0) is 24.1. The van der Waals surface area contributed by atoms with Crippen LogP contribution < -0.4 is 5.73 Å². The summed E-state index contributed by atoms with van der Waals surface area (Å²) in [5.74, 6) is -0.365. The van der Waals surface area contributed by atoms with Crippen molar-refractivity contribution >= 4 is 17.8 Å². The lowest BCUT2D eigenvalue weighted by atomic mass is 9.85. The summed E-state index contributed by atoms with van der Waals surface area (Å²) in [7, 11) is 0. The predicted octanol–water partition coefficient (Wildman–Crippen LogP) is 4.11. The molecular formula is C27H31FN2O4. The largest absolute Gasteiger partial charge is 0.446 e. The molecule has 0 saturated heterocycles. The second-order valence-electron chi connectivity index (χ2n) is 9.46. The van der Waals surface area contributed by atoms with E-state index in [-0.39, 0.29) is 42.5 Å². The minimum absolute atomic E-state index is 0.0309. The molecule has 180 valence electrons. The van der Waals surface area contributed by atoms with Crippen molar-refractivity contribution in [2.45, 2.75) is 64.0 Å². The maximum absolute atomic E-state index is 13.8. The molecule has 1 aliphatic heterocycles. The smallest absolute Gasteiger partial charge is 0.410 e. The van der Waals surface area contributed by atoms with Gasteiger partial charge in [0.05, 0.1) is 0 Å². The summed E-state index contributed by atoms with van der Waals surface area (Å²) < 4.78 is 19.6. The van der Waals surface area contributed by atoms with E-state index in [1.165, 1.54) is 6.07 Å². The number of halogens is 1. The molecule has 0 atom stereocenters. The van der Waals surface area contributed by atoms with Gasteiger partial charge in [0.2, 0.25) is 5.91 Å². The maximum Gasteiger partial charge on any atom is 0.410 e. The second-order valence-corrected chi connectivity index (χ2v) is 9.46. The zero-order valence-electron chi connectivity index (χ0n) is 19.3. The Kier molecular flexibility index (Phi) is 7.60. The molecule has 1 aliphatic carbocycles. The molecule has 0 aromatic heterocycles. The summed E-state index contributed by atoms with van der Waals surface area (Å²) in [5, 5.41) is 0. The third-order valence-electron chi connectivity index (χ3n) is 6.84. The molecule has 7 heteroatoms. The lowest BCUT2D eigenvalue weighted by Gasteiger charge is -2.32. The molecule has 0 unspecified atom stereocenters. The third-order valence-corrected chi connectivity index (χ3v) is 6.84. The normalized spacial score (nSPS) is 19.9. The van der Waals surface area contributed by atoms with Gasteiger partial charge in [-0.3, -0.25) is 9.59 Å². The highest BCUT2D eigenvalue weighted by Crippen LogP contribution is 2.29. The van der Waals surface area contributed by atoms with Gasteiger partial charge >= 0.3 is 6.09 Å². The Morgan fingerprint density at radius 3 is 2.50 bits per heavy atom. The molecule has 1 heterocycles. The van der Waals surface area contributed by atoms with Crippen LogP contribution in [0.1, 0.15) is 54.4 Å². The first-order valence-electron chi connectivity index (χ1n) is 12.0. The number of nitrogens with two attached hydrogens (primary N) is 1. The summed E-state index contributed by atoms with van der Waals surface area (Å²) >= 11 is 0. The van der Waals surface area contributed by atoms with E-state index in [4.69, 9.17) is 10.5 Å². The number of rotatable bonds is 7. The molecular weight excluding hydrogens is 435 g/mol. The van der Waals surface area contributed by atoms with E-state index >= 15 is 0 Å². The minimum atomic E-state index is -0.355. The van der Waals surface area contributed by atoms with Gasteiger partial charge in [-0.2, -0.15) is 0 Å². The monoisotopic (exact) mass is 466 g/mol. The standard InChI is InChI=1S/C27H31FN2O4/c28-25-4-2-1-3-21(25)16-23(31)14-19-5-8-22-17-30(12-11-20(22)13-19)27(33)34-24-9-6-18(7-10-24)15-26(29)32/h1-5,8,13,18,24H,6-7,9-12,14-17H2,(H2,29,32). The first-order chi connectivity index (χ1) is 16.4. The highest BCUT2D eigenvalue weighted by molar-refractivity contribution is 5.83. The zero-order valence-corrected chi connectivity index (χ0v) is 19.3. The van der Waals surface area contributed by atoms with E-state index in [2.05, 4.69) is 0 Å². The molecule has 2 aliphatic rings. The van der Waals surface area contributed by atoms with Gasteiger partial charge in [0, 0.05) is 32.4 Å². The van der Waals surface area contributed by atoms with Crippen molar-refractivity contribution in [1.29, 1.82) is 0 Å². The van der Waals surface area contributed by atoms with Crippen LogP contribution in [0.3, 0.4) is 0 Å². The summed E-state index contributed by atoms with van der Waals surface area (Å²) in [5.41, 5.74) is 8.79. The Balaban J connectivity index is 1.28. The number of benzene rings is 2. The van der Waals surface area contributed by atoms with Gasteiger partial charge in [0.15, 0.2) is 0 Å². The van der Waals surface area contributed by atoms with E-state index in [0.29, 0.717) is 37.4 Å². The number of fused-ring (bicyclic) bond motifs is 1. The van der Waals surface area contributed by atoms with Gasteiger partial charge in [0.1, 0.15) is 17.7 Å². The molecule has 6 nitrogen and oxygen atoms in total. The second kappa shape index (κ2) is 10.8. The Labute approximate surface area is 199 Å². The molecule has 2 aromatic carbocycles. The SMILES string of the molecule is NC(=O)CC1CCC(OC(=O)N2CCc3cc(CC(=O)Cc4ccccc4F)ccc3C2)CC1. The van der Waals surface area contributed by atoms with E-state index in [1.54, 1.807) is 23.1 Å². The number of carbonyl (C=O) groups excluding carboxylic acids is 3. The number of nitrogens with zero attached hydrogens (tertiary/aromatic N) is 1. The van der Waals surface area contributed by atoms with Gasteiger partial charge in [-0.15, -0.1) is 0 Å². The van der Waals surface area contributed by atoms with Gasteiger partial charge < -0.3 is 15.4 Å². The molecule has 0 spiro atoms. The van der Waals surface area contributed by atoms with Crippen molar-refractivity contribution in [1.82, 2.24) is 4.90 Å². The molecule has 0 radical (unpaired) electrons. The lowest BCUT2D eigenvalue weighted by Crippen LogP contribution is -2.39. The first-order valence-corrected chi connectivity index (χ1v) is 12.0. The summed E-state index contributed by atoms with van der Waals surface area (Å²) in [6.45, 7) is 1.05. The molecule has 2 amide bonds.